The van der Waals surface area contributed by atoms with E-state index in [1.807, 2.05) is 86.6 Å². The van der Waals surface area contributed by atoms with Crippen LogP contribution in [0.25, 0.3) is 0 Å². The van der Waals surface area contributed by atoms with Gasteiger partial charge in [-0.15, -0.1) is 0 Å². The first-order valence-electron chi connectivity index (χ1n) is 13.1. The lowest BCUT2D eigenvalue weighted by atomic mass is 9.78. The number of nitrogens with one attached hydrogen (secondary N) is 1. The van der Waals surface area contributed by atoms with Crippen molar-refractivity contribution in [1.29, 1.82) is 0 Å². The van der Waals surface area contributed by atoms with Crippen molar-refractivity contribution in [2.45, 2.75) is 89.2 Å². The van der Waals surface area contributed by atoms with Crippen molar-refractivity contribution in [3.8, 4) is 0 Å². The molecule has 0 bridgehead atoms. The highest BCUT2D eigenvalue weighted by Gasteiger charge is 2.49. The molecule has 0 aromatic heterocycles. The fourth-order valence-corrected chi connectivity index (χ4v) is 8.16. The van der Waals surface area contributed by atoms with E-state index in [4.69, 9.17) is 4.43 Å². The van der Waals surface area contributed by atoms with Crippen LogP contribution in [0.1, 0.15) is 55.5 Å². The van der Waals surface area contributed by atoms with E-state index in [2.05, 4.69) is 38.6 Å². The van der Waals surface area contributed by atoms with E-state index in [1.165, 1.54) is 0 Å². The maximum absolute atomic E-state index is 14.1. The summed E-state index contributed by atoms with van der Waals surface area (Å²) in [4.78, 5) is 0.232. The highest BCUT2D eigenvalue weighted by Crippen LogP contribution is 2.41. The van der Waals surface area contributed by atoms with Crippen LogP contribution in [0.2, 0.25) is 18.1 Å². The van der Waals surface area contributed by atoms with Crippen molar-refractivity contribution >= 4 is 18.3 Å². The molecule has 0 saturated heterocycles. The van der Waals surface area contributed by atoms with Crippen molar-refractivity contribution in [2.75, 3.05) is 0 Å². The van der Waals surface area contributed by atoms with Gasteiger partial charge in [-0.1, -0.05) is 99.1 Å². The minimum absolute atomic E-state index is 0.105. The van der Waals surface area contributed by atoms with E-state index in [1.54, 1.807) is 13.8 Å². The van der Waals surface area contributed by atoms with Crippen LogP contribution in [0.3, 0.4) is 0 Å². The Hall–Kier alpha value is -2.29. The summed E-state index contributed by atoms with van der Waals surface area (Å²) in [6, 6.07) is 21.2. The molecule has 3 aromatic rings. The predicted molar refractivity (Wildman–Crippen MR) is 158 cm³/mol. The van der Waals surface area contributed by atoms with Crippen LogP contribution in [-0.2, 0) is 20.1 Å². The first-order valence-corrected chi connectivity index (χ1v) is 17.5. The van der Waals surface area contributed by atoms with Gasteiger partial charge in [0.15, 0.2) is 8.32 Å². The number of rotatable bonds is 9. The molecule has 0 spiro atoms. The van der Waals surface area contributed by atoms with Crippen molar-refractivity contribution < 1.29 is 18.0 Å². The molecule has 0 amide bonds. The third-order valence-corrected chi connectivity index (χ3v) is 14.1. The van der Waals surface area contributed by atoms with Gasteiger partial charge in [0.25, 0.3) is 0 Å². The van der Waals surface area contributed by atoms with Gasteiger partial charge >= 0.3 is 0 Å². The van der Waals surface area contributed by atoms with Crippen molar-refractivity contribution in [3.63, 3.8) is 0 Å². The van der Waals surface area contributed by atoms with E-state index in [0.717, 1.165) is 5.56 Å². The van der Waals surface area contributed by atoms with E-state index < -0.39 is 36.1 Å². The van der Waals surface area contributed by atoms with Crippen LogP contribution < -0.4 is 4.72 Å². The molecule has 5 nitrogen and oxygen atoms in total. The molecule has 38 heavy (non-hydrogen) atoms. The second kappa shape index (κ2) is 11.1. The minimum atomic E-state index is -4.05. The Bertz CT molecular complexity index is 1290. The van der Waals surface area contributed by atoms with Gasteiger partial charge in [0.1, 0.15) is 5.60 Å². The van der Waals surface area contributed by atoms with E-state index in [-0.39, 0.29) is 9.93 Å². The van der Waals surface area contributed by atoms with Gasteiger partial charge in [-0.3, -0.25) is 0 Å². The quantitative estimate of drug-likeness (QED) is 0.293. The lowest BCUT2D eigenvalue weighted by Gasteiger charge is -2.45. The monoisotopic (exact) mass is 553 g/mol. The molecule has 3 rings (SSSR count). The molecule has 0 aliphatic heterocycles. The molecule has 0 radical (unpaired) electrons. The third kappa shape index (κ3) is 6.13. The van der Waals surface area contributed by atoms with Crippen LogP contribution in [0.15, 0.2) is 77.7 Å². The van der Waals surface area contributed by atoms with E-state index in [9.17, 15) is 13.5 Å². The third-order valence-electron chi connectivity index (χ3n) is 7.79. The van der Waals surface area contributed by atoms with Crippen LogP contribution in [0, 0.1) is 20.8 Å². The minimum Gasteiger partial charge on any atom is -0.412 e. The molecule has 3 aromatic carbocycles. The second-order valence-electron chi connectivity index (χ2n) is 11.9. The predicted octanol–water partition coefficient (Wildman–Crippen LogP) is 6.61. The summed E-state index contributed by atoms with van der Waals surface area (Å²) < 4.78 is 37.9. The summed E-state index contributed by atoms with van der Waals surface area (Å²) in [6.45, 7) is 18.1. The second-order valence-corrected chi connectivity index (χ2v) is 18.3. The van der Waals surface area contributed by atoms with Crippen LogP contribution >= 0.6 is 0 Å². The molecule has 0 unspecified atom stereocenters. The molecule has 2 N–H and O–H groups in total. The Morgan fingerprint density at radius 3 is 1.66 bits per heavy atom. The number of hydrogen-bond donors (Lipinski definition) is 2. The molecule has 0 heterocycles. The maximum Gasteiger partial charge on any atom is 0.241 e. The zero-order valence-corrected chi connectivity index (χ0v) is 26.0. The number of hydrogen-bond acceptors (Lipinski definition) is 4. The SMILES string of the molecule is Cc1cc(C)c(S(=O)(=O)N[C@@H]([C@@H](C)O[Si](C)(C)C(C)(C)C)C(O)(c2ccccc2)c2ccccc2)c(C)c1. The van der Waals surface area contributed by atoms with Gasteiger partial charge in [-0.05, 0) is 68.1 Å². The fourth-order valence-electron chi connectivity index (χ4n) is 4.96. The summed E-state index contributed by atoms with van der Waals surface area (Å²) in [5.41, 5.74) is 1.78. The molecule has 0 aliphatic rings. The topological polar surface area (TPSA) is 75.6 Å². The normalized spacial score (nSPS) is 14.8. The average Bonchev–Trinajstić information content (AvgIpc) is 2.81. The number of sulfonamides is 1. The van der Waals surface area contributed by atoms with Gasteiger partial charge < -0.3 is 9.53 Å². The number of aliphatic hydroxyl groups is 1. The summed E-state index contributed by atoms with van der Waals surface area (Å²) in [5, 5.41) is 12.6. The van der Waals surface area contributed by atoms with Crippen LogP contribution in [-0.4, -0.2) is 34.0 Å². The molecule has 0 aliphatic carbocycles. The van der Waals surface area contributed by atoms with Gasteiger partial charge in [-0.25, -0.2) is 13.1 Å². The number of aryl methyl sites for hydroxylation is 3. The summed E-state index contributed by atoms with van der Waals surface area (Å²) in [6.07, 6.45) is -0.651. The lowest BCUT2D eigenvalue weighted by molar-refractivity contribution is -0.00270. The van der Waals surface area contributed by atoms with Crippen molar-refractivity contribution in [2.24, 2.45) is 0 Å². The Morgan fingerprint density at radius 2 is 1.26 bits per heavy atom. The van der Waals surface area contributed by atoms with Gasteiger partial charge in [0.2, 0.25) is 10.0 Å². The van der Waals surface area contributed by atoms with Crippen LogP contribution in [0.4, 0.5) is 0 Å². The van der Waals surface area contributed by atoms with E-state index >= 15 is 0 Å². The zero-order valence-electron chi connectivity index (χ0n) is 24.2. The molecule has 7 heteroatoms. The maximum atomic E-state index is 14.1. The lowest BCUT2D eigenvalue weighted by Crippen LogP contribution is -2.59. The van der Waals surface area contributed by atoms with Crippen molar-refractivity contribution in [3.05, 3.63) is 101 Å². The molecular weight excluding hydrogens is 510 g/mol. The Labute approximate surface area is 230 Å². The summed E-state index contributed by atoms with van der Waals surface area (Å²) in [7, 11) is -6.39. The highest BCUT2D eigenvalue weighted by atomic mass is 32.2. The van der Waals surface area contributed by atoms with Gasteiger partial charge in [-0.2, -0.15) is 0 Å². The first kappa shape index (κ1) is 30.3. The Kier molecular flexibility index (Phi) is 8.81. The highest BCUT2D eigenvalue weighted by molar-refractivity contribution is 7.89. The molecule has 0 fully saturated rings. The Morgan fingerprint density at radius 1 is 0.842 bits per heavy atom. The smallest absolute Gasteiger partial charge is 0.241 e. The summed E-state index contributed by atoms with van der Waals surface area (Å²) in [5.74, 6) is 0. The molecule has 206 valence electrons. The standard InChI is InChI=1S/C31H43NO4SSi/c1-22-20-23(2)28(24(3)21-22)37(34,35)32-29(25(4)36-38(8,9)30(5,6)7)31(33,26-16-12-10-13-17-26)27-18-14-11-15-19-27/h10-21,25,29,32-33H,1-9H3/t25-,29+/m1/s1. The molecule has 0 saturated carbocycles. The molecular formula is C31H43NO4SSi. The number of benzene rings is 3. The van der Waals surface area contributed by atoms with Crippen LogP contribution in [0.5, 0.6) is 0 Å². The van der Waals surface area contributed by atoms with E-state index in [0.29, 0.717) is 22.3 Å². The van der Waals surface area contributed by atoms with Gasteiger partial charge in [0.05, 0.1) is 17.0 Å². The van der Waals surface area contributed by atoms with Crippen molar-refractivity contribution in [1.82, 2.24) is 4.72 Å². The first-order chi connectivity index (χ1) is 17.5. The Balaban J connectivity index is 2.26. The average molecular weight is 554 g/mol. The zero-order chi connectivity index (χ0) is 28.5. The molecule has 2 atom stereocenters. The summed E-state index contributed by atoms with van der Waals surface area (Å²) >= 11 is 0. The van der Waals surface area contributed by atoms with Gasteiger partial charge in [0, 0.05) is 0 Å². The fraction of sp³-hybridized carbons (Fsp3) is 0.419. The largest absolute Gasteiger partial charge is 0.412 e.